The summed E-state index contributed by atoms with van der Waals surface area (Å²) in [6.45, 7) is -1.25. The van der Waals surface area contributed by atoms with Crippen molar-refractivity contribution < 1.29 is 28.4 Å². The minimum atomic E-state index is -2.89. The number of amides is 3. The monoisotopic (exact) mass is 364 g/mol. The highest BCUT2D eigenvalue weighted by Gasteiger charge is 2.25. The van der Waals surface area contributed by atoms with Crippen LogP contribution >= 0.6 is 0 Å². The summed E-state index contributed by atoms with van der Waals surface area (Å²) in [7, 11) is 0. The highest BCUT2D eigenvalue weighted by molar-refractivity contribution is 5.95. The number of primary amides is 1. The lowest BCUT2D eigenvalue weighted by molar-refractivity contribution is -0.704. The smallest absolute Gasteiger partial charge is 0.387 e. The Balaban J connectivity index is 2.24. The summed E-state index contributed by atoms with van der Waals surface area (Å²) < 4.78 is 29.0. The zero-order valence-corrected chi connectivity index (χ0v) is 14.1. The Bertz CT molecular complexity index is 739. The van der Waals surface area contributed by atoms with Crippen LogP contribution in [0, 0.1) is 0 Å². The first kappa shape index (κ1) is 19.3. The summed E-state index contributed by atoms with van der Waals surface area (Å²) in [6.07, 6.45) is 0. The molecule has 8 heteroatoms. The summed E-state index contributed by atoms with van der Waals surface area (Å²) >= 11 is 0. The van der Waals surface area contributed by atoms with Gasteiger partial charge in [-0.3, -0.25) is 10.1 Å². The van der Waals surface area contributed by atoms with Gasteiger partial charge in [0.25, 0.3) is 5.91 Å². The third-order valence-electron chi connectivity index (χ3n) is 3.76. The van der Waals surface area contributed by atoms with Crippen LogP contribution in [0.25, 0.3) is 0 Å². The van der Waals surface area contributed by atoms with Gasteiger partial charge in [-0.15, -0.1) is 0 Å². The second kappa shape index (κ2) is 8.91. The van der Waals surface area contributed by atoms with E-state index in [4.69, 9.17) is 5.73 Å². The van der Waals surface area contributed by atoms with Gasteiger partial charge >= 0.3 is 12.6 Å². The van der Waals surface area contributed by atoms with E-state index in [-0.39, 0.29) is 11.8 Å². The maximum atomic E-state index is 12.3. The number of imide groups is 1. The number of nitrogens with two attached hydrogens (primary N) is 2. The van der Waals surface area contributed by atoms with Gasteiger partial charge in [-0.05, 0) is 31.2 Å². The molecule has 2 aromatic carbocycles. The fourth-order valence-corrected chi connectivity index (χ4v) is 2.54. The molecule has 0 radical (unpaired) electrons. The summed E-state index contributed by atoms with van der Waals surface area (Å²) in [5.41, 5.74) is 6.68. The molecule has 0 heterocycles. The van der Waals surface area contributed by atoms with Crippen molar-refractivity contribution >= 4 is 11.9 Å². The number of hydrogen-bond donors (Lipinski definition) is 3. The molecule has 138 valence electrons. The van der Waals surface area contributed by atoms with E-state index in [1.165, 1.54) is 12.1 Å². The molecule has 0 unspecified atom stereocenters. The number of halogens is 2. The highest BCUT2D eigenvalue weighted by atomic mass is 19.3. The average molecular weight is 364 g/mol. The van der Waals surface area contributed by atoms with Gasteiger partial charge in [0, 0.05) is 11.1 Å². The standard InChI is InChI=1S/C18H19F2N3O3/c1-11(16(24)23-18(21)25)22-15(12-5-3-2-4-6-12)13-7-9-14(10-8-13)26-17(19)20/h2-11,15,17,22H,1H3,(H3,21,23,24,25)/p+1/t11-,15-/m0/s1. The van der Waals surface area contributed by atoms with Gasteiger partial charge < -0.3 is 15.8 Å². The number of urea groups is 1. The number of nitrogens with one attached hydrogen (secondary N) is 1. The summed E-state index contributed by atoms with van der Waals surface area (Å²) in [5.74, 6) is -0.467. The van der Waals surface area contributed by atoms with E-state index in [2.05, 4.69) is 4.74 Å². The SMILES string of the molecule is C[C@H]([NH2+][C@@H](c1ccccc1)c1ccc(OC(F)F)cc1)C(=O)NC(N)=O. The Morgan fingerprint density at radius 2 is 1.62 bits per heavy atom. The van der Waals surface area contributed by atoms with Crippen LogP contribution in [-0.2, 0) is 4.79 Å². The summed E-state index contributed by atoms with van der Waals surface area (Å²) in [6, 6.07) is 13.8. The Labute approximate surface area is 149 Å². The number of benzene rings is 2. The number of hydrogen-bond acceptors (Lipinski definition) is 3. The Hall–Kier alpha value is -3.00. The molecule has 0 saturated carbocycles. The van der Waals surface area contributed by atoms with E-state index >= 15 is 0 Å². The molecule has 5 N–H and O–H groups in total. The van der Waals surface area contributed by atoms with Crippen LogP contribution in [0.5, 0.6) is 5.75 Å². The zero-order chi connectivity index (χ0) is 19.1. The van der Waals surface area contributed by atoms with Crippen molar-refractivity contribution in [3.8, 4) is 5.75 Å². The Kier molecular flexibility index (Phi) is 6.62. The Morgan fingerprint density at radius 3 is 2.15 bits per heavy atom. The molecule has 2 aromatic rings. The van der Waals surface area contributed by atoms with E-state index in [9.17, 15) is 18.4 Å². The molecular weight excluding hydrogens is 344 g/mol. The van der Waals surface area contributed by atoms with Crippen molar-refractivity contribution in [3.63, 3.8) is 0 Å². The molecule has 2 atom stereocenters. The van der Waals surface area contributed by atoms with Crippen LogP contribution in [0.1, 0.15) is 24.1 Å². The molecule has 0 bridgehead atoms. The van der Waals surface area contributed by atoms with Gasteiger partial charge in [-0.1, -0.05) is 30.3 Å². The second-order valence-corrected chi connectivity index (χ2v) is 5.67. The quantitative estimate of drug-likeness (QED) is 0.695. The van der Waals surface area contributed by atoms with Gasteiger partial charge in [0.05, 0.1) is 0 Å². The molecule has 2 rings (SSSR count). The predicted molar refractivity (Wildman–Crippen MR) is 90.5 cm³/mol. The average Bonchev–Trinajstić information content (AvgIpc) is 2.60. The van der Waals surface area contributed by atoms with Crippen molar-refractivity contribution in [2.75, 3.05) is 0 Å². The number of ether oxygens (including phenoxy) is 1. The Morgan fingerprint density at radius 1 is 1.04 bits per heavy atom. The lowest BCUT2D eigenvalue weighted by atomic mass is 9.97. The molecule has 6 nitrogen and oxygen atoms in total. The molecular formula is C18H20F2N3O3+. The molecule has 3 amide bonds. The number of rotatable bonds is 7. The van der Waals surface area contributed by atoms with Crippen molar-refractivity contribution in [2.24, 2.45) is 5.73 Å². The number of carbonyl (C=O) groups is 2. The van der Waals surface area contributed by atoms with Gasteiger partial charge in [0.1, 0.15) is 11.8 Å². The molecule has 0 aliphatic carbocycles. The minimum absolute atomic E-state index is 0.0510. The number of quaternary nitrogens is 1. The van der Waals surface area contributed by atoms with Gasteiger partial charge in [0.15, 0.2) is 6.04 Å². The van der Waals surface area contributed by atoms with Crippen molar-refractivity contribution in [3.05, 3.63) is 65.7 Å². The molecule has 0 spiro atoms. The lowest BCUT2D eigenvalue weighted by Crippen LogP contribution is -2.93. The van der Waals surface area contributed by atoms with E-state index < -0.39 is 24.6 Å². The minimum Gasteiger partial charge on any atom is -0.435 e. The van der Waals surface area contributed by atoms with Crippen molar-refractivity contribution in [1.82, 2.24) is 5.32 Å². The van der Waals surface area contributed by atoms with Gasteiger partial charge in [0.2, 0.25) is 0 Å². The molecule has 0 aromatic heterocycles. The molecule has 0 aliphatic heterocycles. The number of alkyl halides is 2. The van der Waals surface area contributed by atoms with E-state index in [1.807, 2.05) is 35.6 Å². The van der Waals surface area contributed by atoms with Crippen LogP contribution in [-0.4, -0.2) is 24.6 Å². The predicted octanol–water partition coefficient (Wildman–Crippen LogP) is 1.52. The summed E-state index contributed by atoms with van der Waals surface area (Å²) in [5, 5.41) is 3.81. The highest BCUT2D eigenvalue weighted by Crippen LogP contribution is 2.22. The van der Waals surface area contributed by atoms with Crippen LogP contribution in [0.15, 0.2) is 54.6 Å². The third-order valence-corrected chi connectivity index (χ3v) is 3.76. The first-order valence-corrected chi connectivity index (χ1v) is 7.92. The van der Waals surface area contributed by atoms with Crippen LogP contribution < -0.4 is 21.1 Å². The lowest BCUT2D eigenvalue weighted by Gasteiger charge is -2.20. The third kappa shape index (κ3) is 5.52. The van der Waals surface area contributed by atoms with Gasteiger partial charge in [-0.25, -0.2) is 4.79 Å². The van der Waals surface area contributed by atoms with Crippen LogP contribution in [0.4, 0.5) is 13.6 Å². The molecule has 26 heavy (non-hydrogen) atoms. The maximum Gasteiger partial charge on any atom is 0.387 e. The fourth-order valence-electron chi connectivity index (χ4n) is 2.54. The second-order valence-electron chi connectivity index (χ2n) is 5.67. The van der Waals surface area contributed by atoms with Crippen LogP contribution in [0.2, 0.25) is 0 Å². The van der Waals surface area contributed by atoms with E-state index in [0.29, 0.717) is 0 Å². The largest absolute Gasteiger partial charge is 0.435 e. The molecule has 0 aliphatic rings. The van der Waals surface area contributed by atoms with E-state index in [1.54, 1.807) is 24.4 Å². The molecule has 0 fully saturated rings. The molecule has 0 saturated heterocycles. The first-order valence-electron chi connectivity index (χ1n) is 7.92. The zero-order valence-electron chi connectivity index (χ0n) is 14.1. The van der Waals surface area contributed by atoms with Crippen molar-refractivity contribution in [1.29, 1.82) is 0 Å². The normalized spacial score (nSPS) is 13.1. The number of carbonyl (C=O) groups excluding carboxylic acids is 2. The van der Waals surface area contributed by atoms with Crippen LogP contribution in [0.3, 0.4) is 0 Å². The van der Waals surface area contributed by atoms with E-state index in [0.717, 1.165) is 11.1 Å². The first-order chi connectivity index (χ1) is 12.4. The topological polar surface area (TPSA) is 98.0 Å². The maximum absolute atomic E-state index is 12.3. The fraction of sp³-hybridized carbons (Fsp3) is 0.222. The van der Waals surface area contributed by atoms with Gasteiger partial charge in [-0.2, -0.15) is 8.78 Å². The summed E-state index contributed by atoms with van der Waals surface area (Å²) in [4.78, 5) is 22.8. The van der Waals surface area contributed by atoms with Crippen molar-refractivity contribution in [2.45, 2.75) is 25.6 Å².